The third-order valence-electron chi connectivity index (χ3n) is 2.83. The lowest BCUT2D eigenvalue weighted by Gasteiger charge is -2.33. The summed E-state index contributed by atoms with van der Waals surface area (Å²) in [6.45, 7) is 5.64. The predicted molar refractivity (Wildman–Crippen MR) is 71.8 cm³/mol. The Morgan fingerprint density at radius 2 is 2.12 bits per heavy atom. The molecule has 4 nitrogen and oxygen atoms in total. The van der Waals surface area contributed by atoms with E-state index >= 15 is 0 Å². The summed E-state index contributed by atoms with van der Waals surface area (Å²) in [6, 6.07) is 1.43. The number of hydrogen-bond acceptors (Lipinski definition) is 2. The molecule has 0 aliphatic carbocycles. The van der Waals surface area contributed by atoms with E-state index in [9.17, 15) is 9.59 Å². The lowest BCUT2D eigenvalue weighted by molar-refractivity contribution is 0.0662. The van der Waals surface area contributed by atoms with Crippen molar-refractivity contribution in [1.29, 1.82) is 0 Å². The molecule has 0 aromatic carbocycles. The fraction of sp³-hybridized carbons (Fsp3) is 0.500. The number of halogens is 1. The average molecular weight is 301 g/mol. The van der Waals surface area contributed by atoms with Crippen LogP contribution in [0.3, 0.4) is 0 Å². The largest absolute Gasteiger partial charge is 0.364 e. The normalized spacial score (nSPS) is 11.4. The van der Waals surface area contributed by atoms with Gasteiger partial charge in [0.15, 0.2) is 5.43 Å². The molecule has 1 heterocycles. The summed E-state index contributed by atoms with van der Waals surface area (Å²) in [5.41, 5.74) is 0.332. The summed E-state index contributed by atoms with van der Waals surface area (Å²) < 4.78 is 0. The Kier molecular flexibility index (Phi) is 4.14. The summed E-state index contributed by atoms with van der Waals surface area (Å²) in [6.07, 6.45) is 1.47. The maximum Gasteiger partial charge on any atom is 0.259 e. The summed E-state index contributed by atoms with van der Waals surface area (Å²) >= 11 is 3.36. The molecule has 0 aliphatic rings. The number of aromatic amines is 1. The van der Waals surface area contributed by atoms with Crippen molar-refractivity contribution in [2.24, 2.45) is 0 Å². The Labute approximate surface area is 109 Å². The van der Waals surface area contributed by atoms with Crippen LogP contribution in [0.15, 0.2) is 17.1 Å². The quantitative estimate of drug-likeness (QED) is 0.867. The maximum absolute atomic E-state index is 12.2. The first-order valence-corrected chi connectivity index (χ1v) is 6.45. The van der Waals surface area contributed by atoms with Crippen molar-refractivity contribution in [2.75, 3.05) is 12.4 Å². The van der Waals surface area contributed by atoms with Crippen molar-refractivity contribution in [1.82, 2.24) is 9.88 Å². The second-order valence-electron chi connectivity index (χ2n) is 4.70. The van der Waals surface area contributed by atoms with E-state index in [2.05, 4.69) is 20.9 Å². The molecule has 1 amide bonds. The van der Waals surface area contributed by atoms with Crippen molar-refractivity contribution in [3.63, 3.8) is 0 Å². The average Bonchev–Trinajstić information content (AvgIpc) is 2.27. The summed E-state index contributed by atoms with van der Waals surface area (Å²) in [4.78, 5) is 28.3. The molecule has 94 valence electrons. The van der Waals surface area contributed by atoms with Crippen LogP contribution in [0, 0.1) is 6.92 Å². The summed E-state index contributed by atoms with van der Waals surface area (Å²) in [5.74, 6) is -0.268. The first-order valence-electron chi connectivity index (χ1n) is 5.33. The molecule has 0 fully saturated rings. The van der Waals surface area contributed by atoms with E-state index in [1.807, 2.05) is 13.8 Å². The molecule has 5 heteroatoms. The van der Waals surface area contributed by atoms with Gasteiger partial charge < -0.3 is 9.88 Å². The van der Waals surface area contributed by atoms with Crippen molar-refractivity contribution in [2.45, 2.75) is 26.3 Å². The van der Waals surface area contributed by atoms with Crippen LogP contribution in [-0.2, 0) is 0 Å². The van der Waals surface area contributed by atoms with E-state index < -0.39 is 0 Å². The molecule has 0 radical (unpaired) electrons. The van der Waals surface area contributed by atoms with Crippen molar-refractivity contribution in [3.8, 4) is 0 Å². The minimum absolute atomic E-state index is 0.173. The van der Waals surface area contributed by atoms with Crippen LogP contribution < -0.4 is 5.43 Å². The molecule has 0 atom stereocenters. The minimum Gasteiger partial charge on any atom is -0.364 e. The number of rotatable bonds is 3. The monoisotopic (exact) mass is 300 g/mol. The SMILES string of the molecule is Cc1cc(=O)c(C(=O)N(C)C(C)(C)CBr)c[nH]1. The van der Waals surface area contributed by atoms with Crippen LogP contribution >= 0.6 is 15.9 Å². The lowest BCUT2D eigenvalue weighted by atomic mass is 10.1. The highest BCUT2D eigenvalue weighted by atomic mass is 79.9. The van der Waals surface area contributed by atoms with Gasteiger partial charge in [-0.1, -0.05) is 15.9 Å². The van der Waals surface area contributed by atoms with E-state index in [4.69, 9.17) is 0 Å². The lowest BCUT2D eigenvalue weighted by Crippen LogP contribution is -2.47. The first-order chi connectivity index (χ1) is 7.79. The maximum atomic E-state index is 12.2. The smallest absolute Gasteiger partial charge is 0.259 e. The van der Waals surface area contributed by atoms with Gasteiger partial charge in [0.2, 0.25) is 0 Å². The molecule has 1 N–H and O–H groups in total. The zero-order valence-electron chi connectivity index (χ0n) is 10.5. The van der Waals surface area contributed by atoms with Gasteiger partial charge in [0.25, 0.3) is 5.91 Å². The van der Waals surface area contributed by atoms with Crippen molar-refractivity contribution >= 4 is 21.8 Å². The number of aryl methyl sites for hydroxylation is 1. The minimum atomic E-state index is -0.339. The molecular formula is C12H17BrN2O2. The molecule has 1 aromatic rings. The molecule has 1 aromatic heterocycles. The van der Waals surface area contributed by atoms with Gasteiger partial charge in [-0.25, -0.2) is 0 Å². The Balaban J connectivity index is 3.09. The van der Waals surface area contributed by atoms with Crippen molar-refractivity contribution in [3.05, 3.63) is 33.7 Å². The number of H-pyrrole nitrogens is 1. The molecule has 0 spiro atoms. The fourth-order valence-corrected chi connectivity index (χ4v) is 1.66. The molecule has 0 saturated carbocycles. The number of aromatic nitrogens is 1. The van der Waals surface area contributed by atoms with Gasteiger partial charge in [-0.05, 0) is 20.8 Å². The predicted octanol–water partition coefficient (Wildman–Crippen LogP) is 1.93. The molecule has 0 saturated heterocycles. The van der Waals surface area contributed by atoms with E-state index in [1.54, 1.807) is 18.9 Å². The van der Waals surface area contributed by atoms with Crippen LogP contribution in [0.2, 0.25) is 0 Å². The van der Waals surface area contributed by atoms with Crippen LogP contribution in [0.25, 0.3) is 0 Å². The number of alkyl halides is 1. The second kappa shape index (κ2) is 5.04. The molecule has 0 unspecified atom stereocenters. The third kappa shape index (κ3) is 2.97. The molecule has 0 bridgehead atoms. The zero-order valence-corrected chi connectivity index (χ0v) is 12.1. The van der Waals surface area contributed by atoms with Crippen LogP contribution in [0.1, 0.15) is 29.9 Å². The van der Waals surface area contributed by atoms with E-state index in [0.717, 1.165) is 5.69 Å². The highest BCUT2D eigenvalue weighted by Gasteiger charge is 2.28. The second-order valence-corrected chi connectivity index (χ2v) is 5.26. The number of carbonyl (C=O) groups is 1. The van der Waals surface area contributed by atoms with E-state index in [-0.39, 0.29) is 22.4 Å². The summed E-state index contributed by atoms with van der Waals surface area (Å²) in [5, 5.41) is 0.645. The first kappa shape index (κ1) is 14.0. The highest BCUT2D eigenvalue weighted by molar-refractivity contribution is 9.09. The fourth-order valence-electron chi connectivity index (χ4n) is 1.29. The Morgan fingerprint density at radius 3 is 2.59 bits per heavy atom. The number of nitrogens with one attached hydrogen (secondary N) is 1. The Hall–Kier alpha value is -1.10. The Morgan fingerprint density at radius 1 is 1.53 bits per heavy atom. The van der Waals surface area contributed by atoms with Gasteiger partial charge in [0.1, 0.15) is 5.56 Å². The Bertz CT molecular complexity index is 480. The topological polar surface area (TPSA) is 53.2 Å². The number of nitrogens with zero attached hydrogens (tertiary/aromatic N) is 1. The number of carbonyl (C=O) groups excluding carboxylic acids is 1. The van der Waals surface area contributed by atoms with Gasteiger partial charge in [-0.3, -0.25) is 9.59 Å². The third-order valence-corrected chi connectivity index (χ3v) is 4.20. The number of hydrogen-bond donors (Lipinski definition) is 1. The van der Waals surface area contributed by atoms with E-state index in [1.165, 1.54) is 12.3 Å². The standard InChI is InChI=1S/C12H17BrN2O2/c1-8-5-10(16)9(6-14-8)11(17)15(4)12(2,3)7-13/h5-6H,7H2,1-4H3,(H,14,16). The molecule has 0 aliphatic heterocycles. The van der Waals surface area contributed by atoms with Crippen LogP contribution in [-0.4, -0.2) is 33.7 Å². The number of pyridine rings is 1. The van der Waals surface area contributed by atoms with E-state index in [0.29, 0.717) is 5.33 Å². The van der Waals surface area contributed by atoms with Crippen LogP contribution in [0.4, 0.5) is 0 Å². The van der Waals surface area contributed by atoms with Gasteiger partial charge in [0, 0.05) is 35.9 Å². The molecule has 1 rings (SSSR count). The molecular weight excluding hydrogens is 284 g/mol. The van der Waals surface area contributed by atoms with Crippen molar-refractivity contribution < 1.29 is 4.79 Å². The number of amides is 1. The van der Waals surface area contributed by atoms with Crippen LogP contribution in [0.5, 0.6) is 0 Å². The van der Waals surface area contributed by atoms with Gasteiger partial charge in [-0.2, -0.15) is 0 Å². The molecule has 17 heavy (non-hydrogen) atoms. The van der Waals surface area contributed by atoms with Gasteiger partial charge in [0.05, 0.1) is 0 Å². The highest BCUT2D eigenvalue weighted by Crippen LogP contribution is 2.17. The van der Waals surface area contributed by atoms with Gasteiger partial charge >= 0.3 is 0 Å². The zero-order chi connectivity index (χ0) is 13.2. The summed E-state index contributed by atoms with van der Waals surface area (Å²) in [7, 11) is 1.70. The van der Waals surface area contributed by atoms with Gasteiger partial charge in [-0.15, -0.1) is 0 Å².